The Balaban J connectivity index is 5.36. The second-order valence-corrected chi connectivity index (χ2v) is 6.13. The fourth-order valence-corrected chi connectivity index (χ4v) is 4.30. The zero-order valence-corrected chi connectivity index (χ0v) is 11.0. The number of rotatable bonds is 6. The molecule has 0 aromatic carbocycles. The van der Waals surface area contributed by atoms with Crippen molar-refractivity contribution in [1.29, 1.82) is 0 Å². The van der Waals surface area contributed by atoms with E-state index in [-0.39, 0.29) is 0 Å². The summed E-state index contributed by atoms with van der Waals surface area (Å²) in [6.07, 6.45) is 1.64. The van der Waals surface area contributed by atoms with Crippen molar-refractivity contribution in [3.8, 4) is 0 Å². The van der Waals surface area contributed by atoms with E-state index in [0.717, 1.165) is 0 Å². The predicted octanol–water partition coefficient (Wildman–Crippen LogP) is 1.55. The molecule has 0 aliphatic heterocycles. The van der Waals surface area contributed by atoms with E-state index in [1.54, 1.807) is 0 Å². The molecule has 0 unspecified atom stereocenters. The van der Waals surface area contributed by atoms with Crippen LogP contribution in [0.4, 0.5) is 0 Å². The second kappa shape index (κ2) is 7.86. The average molecular weight is 245 g/mol. The van der Waals surface area contributed by atoms with Crippen LogP contribution in [0.2, 0.25) is 0 Å². The molecule has 0 aliphatic carbocycles. The number of hydrogen-bond donors (Lipinski definition) is 3. The van der Waals surface area contributed by atoms with E-state index < -0.39 is 8.80 Å². The highest BCUT2D eigenvalue weighted by atomic mass is 28.3. The summed E-state index contributed by atoms with van der Waals surface area (Å²) in [6, 6.07) is 0. The highest BCUT2D eigenvalue weighted by Gasteiger charge is 2.28. The van der Waals surface area contributed by atoms with E-state index in [1.807, 2.05) is 20.8 Å². The summed E-state index contributed by atoms with van der Waals surface area (Å²) in [7, 11) is -2.08. The Morgan fingerprint density at radius 2 is 1.00 bits per heavy atom. The summed E-state index contributed by atoms with van der Waals surface area (Å²) in [4.78, 5) is 0. The Morgan fingerprint density at radius 1 is 0.750 bits per heavy atom. The van der Waals surface area contributed by atoms with Crippen LogP contribution in [-0.4, -0.2) is 40.4 Å². The molecular weight excluding hydrogens is 226 g/mol. The maximum Gasteiger partial charge on any atom is 0.198 e. The largest absolute Gasteiger partial charge is 0.411 e. The molecule has 6 nitrogen and oxygen atoms in total. The highest BCUT2D eigenvalue weighted by Crippen LogP contribution is 2.05. The minimum absolute atomic E-state index is 0.547. The summed E-state index contributed by atoms with van der Waals surface area (Å²) in [5.41, 5.74) is 0. The van der Waals surface area contributed by atoms with Crippen LogP contribution in [-0.2, 0) is 0 Å². The Bertz CT molecular complexity index is 255. The van der Waals surface area contributed by atoms with Gasteiger partial charge in [0.05, 0.1) is 16.0 Å². The van der Waals surface area contributed by atoms with Crippen LogP contribution in [0.1, 0.15) is 40.0 Å². The molecule has 0 heterocycles. The molecule has 0 saturated heterocycles. The van der Waals surface area contributed by atoms with Gasteiger partial charge in [0.15, 0.2) is 8.80 Å². The first-order valence-electron chi connectivity index (χ1n) is 5.32. The molecule has 3 N–H and O–H groups in total. The topological polar surface area (TPSA) is 97.8 Å². The molecule has 0 aliphatic rings. The lowest BCUT2D eigenvalue weighted by Gasteiger charge is -2.16. The molecule has 0 rings (SSSR count). The van der Waals surface area contributed by atoms with E-state index in [9.17, 15) is 0 Å². The van der Waals surface area contributed by atoms with E-state index in [0.29, 0.717) is 35.3 Å². The third-order valence-electron chi connectivity index (χ3n) is 2.47. The Hall–Kier alpha value is -1.37. The summed E-state index contributed by atoms with van der Waals surface area (Å²) in [6.45, 7) is 5.55. The van der Waals surface area contributed by atoms with Crippen molar-refractivity contribution in [2.24, 2.45) is 15.5 Å². The van der Waals surface area contributed by atoms with E-state index in [2.05, 4.69) is 15.5 Å². The van der Waals surface area contributed by atoms with Crippen molar-refractivity contribution >= 4 is 24.8 Å². The van der Waals surface area contributed by atoms with Gasteiger partial charge in [0, 0.05) is 0 Å². The van der Waals surface area contributed by atoms with Crippen LogP contribution in [0.3, 0.4) is 0 Å². The van der Waals surface area contributed by atoms with Gasteiger partial charge in [-0.25, -0.2) is 0 Å². The van der Waals surface area contributed by atoms with Gasteiger partial charge < -0.3 is 15.6 Å². The predicted molar refractivity (Wildman–Crippen MR) is 65.7 cm³/mol. The lowest BCUT2D eigenvalue weighted by molar-refractivity contribution is 0.317. The Labute approximate surface area is 96.6 Å². The summed E-state index contributed by atoms with van der Waals surface area (Å²) >= 11 is 0. The zero-order chi connectivity index (χ0) is 12.6. The molecule has 0 aromatic heterocycles. The minimum atomic E-state index is -2.08. The molecule has 0 bridgehead atoms. The number of oxime groups is 3. The smallest absolute Gasteiger partial charge is 0.198 e. The third-order valence-corrected chi connectivity index (χ3v) is 6.04. The summed E-state index contributed by atoms with van der Waals surface area (Å²) in [5, 5.41) is 38.2. The molecule has 0 radical (unpaired) electrons. The van der Waals surface area contributed by atoms with Crippen molar-refractivity contribution in [3.63, 3.8) is 0 Å². The molecule has 16 heavy (non-hydrogen) atoms. The van der Waals surface area contributed by atoms with Gasteiger partial charge in [0.1, 0.15) is 0 Å². The minimum Gasteiger partial charge on any atom is -0.411 e. The second-order valence-electron chi connectivity index (χ2n) is 3.27. The van der Waals surface area contributed by atoms with E-state index >= 15 is 0 Å². The zero-order valence-electron chi connectivity index (χ0n) is 9.88. The summed E-state index contributed by atoms with van der Waals surface area (Å²) < 4.78 is 0. The van der Waals surface area contributed by atoms with Gasteiger partial charge >= 0.3 is 0 Å². The molecule has 7 heteroatoms. The van der Waals surface area contributed by atoms with Crippen molar-refractivity contribution in [2.75, 3.05) is 0 Å². The molecule has 0 fully saturated rings. The maximum atomic E-state index is 8.93. The quantitative estimate of drug-likeness (QED) is 0.286. The van der Waals surface area contributed by atoms with Crippen molar-refractivity contribution in [2.45, 2.75) is 40.0 Å². The van der Waals surface area contributed by atoms with Gasteiger partial charge in [-0.2, -0.15) is 0 Å². The standard InChI is InChI=1S/C9H19N3O3Si/c1-4-7(10-13)16(8(5-2)11-14)9(6-3)12-15/h13-16H,4-6H2,1-3H3. The molecule has 0 aromatic rings. The number of hydrogen-bond acceptors (Lipinski definition) is 6. The van der Waals surface area contributed by atoms with Crippen LogP contribution in [0.5, 0.6) is 0 Å². The Morgan fingerprint density at radius 3 is 1.12 bits per heavy atom. The monoisotopic (exact) mass is 245 g/mol. The summed E-state index contributed by atoms with van der Waals surface area (Å²) in [5.74, 6) is 0. The lowest BCUT2D eigenvalue weighted by atomic mass is 10.5. The molecular formula is C9H19N3O3Si. The van der Waals surface area contributed by atoms with Crippen LogP contribution in [0.25, 0.3) is 0 Å². The fourth-order valence-electron chi connectivity index (χ4n) is 1.57. The van der Waals surface area contributed by atoms with Gasteiger partial charge in [-0.15, -0.1) is 15.5 Å². The van der Waals surface area contributed by atoms with E-state index in [4.69, 9.17) is 15.6 Å². The maximum absolute atomic E-state index is 8.93. The van der Waals surface area contributed by atoms with Gasteiger partial charge in [0.2, 0.25) is 0 Å². The first kappa shape index (κ1) is 14.6. The average Bonchev–Trinajstić information content (AvgIpc) is 2.33. The van der Waals surface area contributed by atoms with Crippen LogP contribution in [0.15, 0.2) is 15.5 Å². The van der Waals surface area contributed by atoms with Crippen LogP contribution < -0.4 is 0 Å². The van der Waals surface area contributed by atoms with Gasteiger partial charge in [0.25, 0.3) is 0 Å². The van der Waals surface area contributed by atoms with Crippen molar-refractivity contribution < 1.29 is 15.6 Å². The molecule has 0 spiro atoms. The van der Waals surface area contributed by atoms with Crippen LogP contribution in [0, 0.1) is 0 Å². The van der Waals surface area contributed by atoms with Gasteiger partial charge in [-0.3, -0.25) is 0 Å². The SMILES string of the molecule is CCC(=NO)[SiH](C(CC)=NO)C(CC)=NO. The lowest BCUT2D eigenvalue weighted by Crippen LogP contribution is -2.43. The fraction of sp³-hybridized carbons (Fsp3) is 0.667. The van der Waals surface area contributed by atoms with Crippen molar-refractivity contribution in [1.82, 2.24) is 0 Å². The molecule has 92 valence electrons. The highest BCUT2D eigenvalue weighted by molar-refractivity contribution is 7.29. The first-order valence-corrected chi connectivity index (χ1v) is 7.05. The van der Waals surface area contributed by atoms with Crippen molar-refractivity contribution in [3.05, 3.63) is 0 Å². The van der Waals surface area contributed by atoms with Gasteiger partial charge in [-0.1, -0.05) is 20.8 Å². The first-order chi connectivity index (χ1) is 7.69. The van der Waals surface area contributed by atoms with Crippen LogP contribution >= 0.6 is 0 Å². The molecule has 0 amide bonds. The van der Waals surface area contributed by atoms with E-state index in [1.165, 1.54) is 0 Å². The number of nitrogens with zero attached hydrogens (tertiary/aromatic N) is 3. The van der Waals surface area contributed by atoms with Gasteiger partial charge in [-0.05, 0) is 19.3 Å². The third kappa shape index (κ3) is 3.33. The Kier molecular flexibility index (Phi) is 7.18. The molecule has 0 atom stereocenters. The molecule has 0 saturated carbocycles. The normalized spacial score (nSPS) is 16.3.